The molecule has 0 aliphatic rings. The molecular formula is C25H52O3. The van der Waals surface area contributed by atoms with Gasteiger partial charge in [-0.1, -0.05) is 117 Å². The number of hydrogen-bond donors (Lipinski definition) is 0. The first-order valence-corrected chi connectivity index (χ1v) is 12.7. The van der Waals surface area contributed by atoms with Gasteiger partial charge in [-0.05, 0) is 19.3 Å². The third-order valence-electron chi connectivity index (χ3n) is 5.26. The van der Waals surface area contributed by atoms with Gasteiger partial charge < -0.3 is 14.2 Å². The molecular weight excluding hydrogens is 348 g/mol. The molecule has 0 unspecified atom stereocenters. The van der Waals surface area contributed by atoms with Crippen molar-refractivity contribution < 1.29 is 14.2 Å². The fourth-order valence-electron chi connectivity index (χ4n) is 3.33. The quantitative estimate of drug-likeness (QED) is 0.120. The summed E-state index contributed by atoms with van der Waals surface area (Å²) in [7, 11) is 0. The summed E-state index contributed by atoms with van der Waals surface area (Å²) in [5.74, 6) is 0. The van der Waals surface area contributed by atoms with Gasteiger partial charge in [0.05, 0.1) is 19.8 Å². The maximum Gasteiger partial charge on any atom is 0.271 e. The lowest BCUT2D eigenvalue weighted by atomic mass is 10.1. The minimum atomic E-state index is -0.457. The Morgan fingerprint density at radius 2 is 0.607 bits per heavy atom. The van der Waals surface area contributed by atoms with Crippen molar-refractivity contribution >= 4 is 0 Å². The Hall–Kier alpha value is -0.120. The fraction of sp³-hybridized carbons (Fsp3) is 1.00. The molecule has 0 aliphatic carbocycles. The van der Waals surface area contributed by atoms with E-state index < -0.39 is 6.48 Å². The van der Waals surface area contributed by atoms with Crippen LogP contribution in [0.2, 0.25) is 0 Å². The van der Waals surface area contributed by atoms with E-state index in [9.17, 15) is 0 Å². The van der Waals surface area contributed by atoms with Crippen molar-refractivity contribution in [2.45, 2.75) is 143 Å². The van der Waals surface area contributed by atoms with Gasteiger partial charge >= 0.3 is 0 Å². The number of unbranched alkanes of at least 4 members (excludes halogenated alkanes) is 15. The molecule has 0 rings (SSSR count). The smallest absolute Gasteiger partial charge is 0.271 e. The first kappa shape index (κ1) is 27.9. The zero-order valence-electron chi connectivity index (χ0n) is 19.7. The predicted molar refractivity (Wildman–Crippen MR) is 122 cm³/mol. The minimum absolute atomic E-state index is 0.457. The van der Waals surface area contributed by atoms with E-state index in [2.05, 4.69) is 20.8 Å². The van der Waals surface area contributed by atoms with Gasteiger partial charge in [-0.3, -0.25) is 0 Å². The molecule has 0 aromatic carbocycles. The average Bonchev–Trinajstić information content (AvgIpc) is 2.71. The van der Waals surface area contributed by atoms with Crippen molar-refractivity contribution in [3.8, 4) is 0 Å². The summed E-state index contributed by atoms with van der Waals surface area (Å²) in [5.41, 5.74) is 0. The highest BCUT2D eigenvalue weighted by Gasteiger charge is 2.09. The van der Waals surface area contributed by atoms with Crippen LogP contribution in [0.15, 0.2) is 0 Å². The van der Waals surface area contributed by atoms with Crippen molar-refractivity contribution in [2.75, 3.05) is 19.8 Å². The summed E-state index contributed by atoms with van der Waals surface area (Å²) in [6, 6.07) is 0. The first-order valence-electron chi connectivity index (χ1n) is 12.7. The van der Waals surface area contributed by atoms with Gasteiger partial charge in [0.25, 0.3) is 6.48 Å². The van der Waals surface area contributed by atoms with Gasteiger partial charge in [-0.25, -0.2) is 0 Å². The standard InChI is InChI=1S/C25H52O3/c1-4-7-10-13-16-19-22-26-25(27-23-20-17-14-11-8-5-2)28-24-21-18-15-12-9-6-3/h25H,4-24H2,1-3H3. The molecule has 0 saturated heterocycles. The molecule has 0 N–H and O–H groups in total. The second-order valence-corrected chi connectivity index (χ2v) is 8.20. The third-order valence-corrected chi connectivity index (χ3v) is 5.26. The van der Waals surface area contributed by atoms with Crippen LogP contribution in [0.25, 0.3) is 0 Å². The van der Waals surface area contributed by atoms with Crippen molar-refractivity contribution in [1.82, 2.24) is 0 Å². The predicted octanol–water partition coefficient (Wildman–Crippen LogP) is 8.40. The number of rotatable bonds is 24. The fourth-order valence-corrected chi connectivity index (χ4v) is 3.33. The molecule has 0 spiro atoms. The number of ether oxygens (including phenoxy) is 3. The summed E-state index contributed by atoms with van der Waals surface area (Å²) in [4.78, 5) is 0. The Bertz CT molecular complexity index is 228. The van der Waals surface area contributed by atoms with E-state index >= 15 is 0 Å². The molecule has 0 amide bonds. The van der Waals surface area contributed by atoms with Crippen LogP contribution in [-0.4, -0.2) is 26.3 Å². The molecule has 0 aromatic rings. The summed E-state index contributed by atoms with van der Waals surface area (Å²) >= 11 is 0. The van der Waals surface area contributed by atoms with E-state index in [1.807, 2.05) is 0 Å². The highest BCUT2D eigenvalue weighted by Crippen LogP contribution is 2.10. The van der Waals surface area contributed by atoms with Crippen molar-refractivity contribution in [3.05, 3.63) is 0 Å². The SMILES string of the molecule is CCCCCCCCOC(OCCCCCCCC)OCCCCCCCC. The molecule has 28 heavy (non-hydrogen) atoms. The molecule has 0 aromatic heterocycles. The molecule has 0 radical (unpaired) electrons. The second-order valence-electron chi connectivity index (χ2n) is 8.20. The average molecular weight is 401 g/mol. The van der Waals surface area contributed by atoms with Crippen molar-refractivity contribution in [2.24, 2.45) is 0 Å². The van der Waals surface area contributed by atoms with Gasteiger partial charge in [0.15, 0.2) is 0 Å². The van der Waals surface area contributed by atoms with Crippen LogP contribution in [0.1, 0.15) is 136 Å². The highest BCUT2D eigenvalue weighted by atomic mass is 16.8. The molecule has 0 bridgehead atoms. The Kier molecular flexibility index (Phi) is 24.8. The van der Waals surface area contributed by atoms with E-state index in [0.29, 0.717) is 0 Å². The van der Waals surface area contributed by atoms with Crippen LogP contribution >= 0.6 is 0 Å². The van der Waals surface area contributed by atoms with E-state index in [4.69, 9.17) is 14.2 Å². The van der Waals surface area contributed by atoms with Crippen molar-refractivity contribution in [1.29, 1.82) is 0 Å². The van der Waals surface area contributed by atoms with Gasteiger partial charge in [-0.15, -0.1) is 0 Å². The Balaban J connectivity index is 3.80. The molecule has 0 atom stereocenters. The Morgan fingerprint density at radius 1 is 0.357 bits per heavy atom. The molecule has 170 valence electrons. The summed E-state index contributed by atoms with van der Waals surface area (Å²) in [5, 5.41) is 0. The first-order chi connectivity index (χ1) is 13.8. The molecule has 3 nitrogen and oxygen atoms in total. The van der Waals surface area contributed by atoms with E-state index in [0.717, 1.165) is 39.1 Å². The van der Waals surface area contributed by atoms with Gasteiger partial charge in [0, 0.05) is 0 Å². The monoisotopic (exact) mass is 400 g/mol. The van der Waals surface area contributed by atoms with Crippen LogP contribution in [0.3, 0.4) is 0 Å². The highest BCUT2D eigenvalue weighted by molar-refractivity contribution is 4.47. The summed E-state index contributed by atoms with van der Waals surface area (Å²) in [6.45, 7) is 8.58. The lowest BCUT2D eigenvalue weighted by molar-refractivity contribution is -0.288. The summed E-state index contributed by atoms with van der Waals surface area (Å²) in [6.07, 6.45) is 23.1. The number of hydrogen-bond acceptors (Lipinski definition) is 3. The van der Waals surface area contributed by atoms with E-state index in [1.54, 1.807) is 0 Å². The minimum Gasteiger partial charge on any atom is -0.330 e. The van der Waals surface area contributed by atoms with Crippen LogP contribution < -0.4 is 0 Å². The zero-order chi connectivity index (χ0) is 20.5. The summed E-state index contributed by atoms with van der Waals surface area (Å²) < 4.78 is 17.7. The van der Waals surface area contributed by atoms with Crippen molar-refractivity contribution in [3.63, 3.8) is 0 Å². The molecule has 0 fully saturated rings. The van der Waals surface area contributed by atoms with Gasteiger partial charge in [0.1, 0.15) is 0 Å². The van der Waals surface area contributed by atoms with Gasteiger partial charge in [-0.2, -0.15) is 0 Å². The third kappa shape index (κ3) is 22.2. The molecule has 0 heterocycles. The molecule has 0 aliphatic heterocycles. The Morgan fingerprint density at radius 3 is 0.893 bits per heavy atom. The van der Waals surface area contributed by atoms with Crippen LogP contribution in [-0.2, 0) is 14.2 Å². The molecule has 0 saturated carbocycles. The van der Waals surface area contributed by atoms with Gasteiger partial charge in [0.2, 0.25) is 0 Å². The normalized spacial score (nSPS) is 11.6. The lowest BCUT2D eigenvalue weighted by Crippen LogP contribution is -2.23. The van der Waals surface area contributed by atoms with Crippen LogP contribution in [0.5, 0.6) is 0 Å². The maximum atomic E-state index is 5.89. The topological polar surface area (TPSA) is 27.7 Å². The van der Waals surface area contributed by atoms with Crippen LogP contribution in [0.4, 0.5) is 0 Å². The van der Waals surface area contributed by atoms with E-state index in [1.165, 1.54) is 96.3 Å². The Labute approximate surface area is 177 Å². The lowest BCUT2D eigenvalue weighted by Gasteiger charge is -2.19. The van der Waals surface area contributed by atoms with Crippen LogP contribution in [0, 0.1) is 0 Å². The largest absolute Gasteiger partial charge is 0.330 e. The molecule has 3 heteroatoms. The maximum absolute atomic E-state index is 5.89. The second kappa shape index (κ2) is 24.9. The van der Waals surface area contributed by atoms with E-state index in [-0.39, 0.29) is 0 Å². The zero-order valence-corrected chi connectivity index (χ0v) is 19.7.